The summed E-state index contributed by atoms with van der Waals surface area (Å²) in [5.41, 5.74) is 5.66. The van der Waals surface area contributed by atoms with Gasteiger partial charge in [-0.2, -0.15) is 0 Å². The smallest absolute Gasteiger partial charge is 0.273 e. The number of hydrogen-bond acceptors (Lipinski definition) is 3. The molecule has 0 unspecified atom stereocenters. The monoisotopic (exact) mass is 355 g/mol. The molecule has 126 valence electrons. The minimum Gasteiger partial charge on any atom is -0.496 e. The first-order valence-electron chi connectivity index (χ1n) is 7.71. The lowest BCUT2D eigenvalue weighted by molar-refractivity contribution is 0.0940. The highest BCUT2D eigenvalue weighted by Gasteiger charge is 2.22. The second-order valence-electron chi connectivity index (χ2n) is 5.77. The zero-order valence-corrected chi connectivity index (χ0v) is 14.9. The number of hydrogen-bond donors (Lipinski definition) is 3. The highest BCUT2D eigenvalue weighted by molar-refractivity contribution is 7.80. The molecule has 0 bridgehead atoms. The largest absolute Gasteiger partial charge is 0.496 e. The maximum absolute atomic E-state index is 12.2. The lowest BCUT2D eigenvalue weighted by Crippen LogP contribution is -2.51. The molecule has 2 rings (SSSR count). The molecule has 0 heterocycles. The Balaban J connectivity index is 1.88. The molecule has 0 radical (unpaired) electrons. The van der Waals surface area contributed by atoms with Crippen LogP contribution in [0.1, 0.15) is 43.0 Å². The van der Waals surface area contributed by atoms with E-state index in [1.54, 1.807) is 18.2 Å². The van der Waals surface area contributed by atoms with Gasteiger partial charge in [0.25, 0.3) is 5.91 Å². The van der Waals surface area contributed by atoms with E-state index in [4.69, 9.17) is 28.6 Å². The molecule has 1 amide bonds. The summed E-state index contributed by atoms with van der Waals surface area (Å²) < 4.78 is 5.17. The Labute approximate surface area is 147 Å². The quantitative estimate of drug-likeness (QED) is 0.574. The number of carbonyl (C=O) groups is 1. The molecule has 1 saturated carbocycles. The number of thiocarbonyl (C=S) groups is 1. The van der Waals surface area contributed by atoms with Crippen molar-refractivity contribution in [2.24, 2.45) is 5.92 Å². The molecule has 0 aliphatic heterocycles. The van der Waals surface area contributed by atoms with Crippen LogP contribution in [-0.2, 0) is 0 Å². The van der Waals surface area contributed by atoms with E-state index in [2.05, 4.69) is 23.1 Å². The topological polar surface area (TPSA) is 62.4 Å². The fraction of sp³-hybridized carbons (Fsp3) is 0.500. The van der Waals surface area contributed by atoms with Gasteiger partial charge in [0.15, 0.2) is 5.11 Å². The van der Waals surface area contributed by atoms with Gasteiger partial charge in [0.05, 0.1) is 12.7 Å². The third-order valence-electron chi connectivity index (χ3n) is 4.12. The van der Waals surface area contributed by atoms with Crippen molar-refractivity contribution in [2.75, 3.05) is 7.11 Å². The molecule has 1 fully saturated rings. The van der Waals surface area contributed by atoms with Gasteiger partial charge in [-0.15, -0.1) is 0 Å². The van der Waals surface area contributed by atoms with E-state index in [-0.39, 0.29) is 5.91 Å². The summed E-state index contributed by atoms with van der Waals surface area (Å²) >= 11 is 11.2. The second-order valence-corrected chi connectivity index (χ2v) is 6.61. The Morgan fingerprint density at radius 2 is 2.04 bits per heavy atom. The number of rotatable bonds is 3. The van der Waals surface area contributed by atoms with Crippen molar-refractivity contribution < 1.29 is 9.53 Å². The van der Waals surface area contributed by atoms with Crippen LogP contribution < -0.4 is 20.9 Å². The summed E-state index contributed by atoms with van der Waals surface area (Å²) in [5, 5.41) is 4.14. The van der Waals surface area contributed by atoms with E-state index >= 15 is 0 Å². The van der Waals surface area contributed by atoms with Crippen molar-refractivity contribution in [1.29, 1.82) is 0 Å². The molecule has 2 atom stereocenters. The number of amides is 1. The molecule has 0 aromatic heterocycles. The van der Waals surface area contributed by atoms with Gasteiger partial charge in [-0.1, -0.05) is 31.4 Å². The van der Waals surface area contributed by atoms with Gasteiger partial charge in [-0.25, -0.2) is 0 Å². The number of halogens is 1. The van der Waals surface area contributed by atoms with Crippen LogP contribution in [0.15, 0.2) is 18.2 Å². The molecular weight excluding hydrogens is 334 g/mol. The van der Waals surface area contributed by atoms with Gasteiger partial charge in [-0.05, 0) is 49.2 Å². The molecule has 1 aliphatic carbocycles. The summed E-state index contributed by atoms with van der Waals surface area (Å²) in [6.45, 7) is 2.22. The second kappa shape index (κ2) is 8.36. The van der Waals surface area contributed by atoms with Crippen LogP contribution in [0.4, 0.5) is 0 Å². The van der Waals surface area contributed by atoms with Gasteiger partial charge in [0, 0.05) is 11.1 Å². The Morgan fingerprint density at radius 1 is 1.30 bits per heavy atom. The number of nitrogens with one attached hydrogen (secondary N) is 3. The van der Waals surface area contributed by atoms with Gasteiger partial charge in [-0.3, -0.25) is 15.6 Å². The minimum atomic E-state index is -0.356. The summed E-state index contributed by atoms with van der Waals surface area (Å²) in [5.74, 6) is 0.672. The summed E-state index contributed by atoms with van der Waals surface area (Å²) in [4.78, 5) is 12.2. The minimum absolute atomic E-state index is 0.348. The molecule has 1 aliphatic rings. The standard InChI is InChI=1S/C16H22ClN3O2S/c1-10-5-3-4-6-13(10)18-16(23)20-19-15(21)12-9-11(17)7-8-14(12)22-2/h7-10,13H,3-6H2,1-2H3,(H,19,21)(H2,18,20,23)/t10-,13+/m1/s1. The van der Waals surface area contributed by atoms with Crippen LogP contribution >= 0.6 is 23.8 Å². The van der Waals surface area contributed by atoms with Gasteiger partial charge in [0.2, 0.25) is 0 Å². The molecule has 0 saturated heterocycles. The number of benzene rings is 1. The Hall–Kier alpha value is -1.53. The molecule has 5 nitrogen and oxygen atoms in total. The van der Waals surface area contributed by atoms with Crippen molar-refractivity contribution in [3.8, 4) is 5.75 Å². The van der Waals surface area contributed by atoms with Crippen molar-refractivity contribution in [3.63, 3.8) is 0 Å². The zero-order valence-electron chi connectivity index (χ0n) is 13.3. The van der Waals surface area contributed by atoms with Gasteiger partial charge < -0.3 is 10.1 Å². The summed E-state index contributed by atoms with van der Waals surface area (Å²) in [6, 6.07) is 5.22. The van der Waals surface area contributed by atoms with Crippen LogP contribution in [0, 0.1) is 5.92 Å². The van der Waals surface area contributed by atoms with Gasteiger partial charge in [0.1, 0.15) is 5.75 Å². The molecular formula is C16H22ClN3O2S. The zero-order chi connectivity index (χ0) is 16.8. The van der Waals surface area contributed by atoms with E-state index in [0.717, 1.165) is 6.42 Å². The van der Waals surface area contributed by atoms with E-state index in [9.17, 15) is 4.79 Å². The highest BCUT2D eigenvalue weighted by Crippen LogP contribution is 2.24. The average molecular weight is 356 g/mol. The predicted octanol–water partition coefficient (Wildman–Crippen LogP) is 3.04. The first-order valence-corrected chi connectivity index (χ1v) is 8.50. The highest BCUT2D eigenvalue weighted by atomic mass is 35.5. The maximum atomic E-state index is 12.2. The molecule has 7 heteroatoms. The molecule has 3 N–H and O–H groups in total. The van der Waals surface area contributed by atoms with Gasteiger partial charge >= 0.3 is 0 Å². The summed E-state index contributed by atoms with van der Waals surface area (Å²) in [7, 11) is 1.50. The summed E-state index contributed by atoms with van der Waals surface area (Å²) in [6.07, 6.45) is 4.77. The molecule has 0 spiro atoms. The number of ether oxygens (including phenoxy) is 1. The van der Waals surface area contributed by atoms with E-state index in [1.165, 1.54) is 26.4 Å². The molecule has 1 aromatic carbocycles. The van der Waals surface area contributed by atoms with Crippen LogP contribution in [0.3, 0.4) is 0 Å². The van der Waals surface area contributed by atoms with Crippen molar-refractivity contribution >= 4 is 34.8 Å². The Morgan fingerprint density at radius 3 is 2.74 bits per heavy atom. The van der Waals surface area contributed by atoms with Crippen LogP contribution in [0.5, 0.6) is 5.75 Å². The lowest BCUT2D eigenvalue weighted by Gasteiger charge is -2.30. The third-order valence-corrected chi connectivity index (χ3v) is 4.58. The fourth-order valence-electron chi connectivity index (χ4n) is 2.77. The predicted molar refractivity (Wildman–Crippen MR) is 95.8 cm³/mol. The Kier molecular flexibility index (Phi) is 6.47. The van der Waals surface area contributed by atoms with E-state index in [1.807, 2.05) is 0 Å². The first-order chi connectivity index (χ1) is 11.0. The third kappa shape index (κ3) is 4.97. The average Bonchev–Trinajstić information content (AvgIpc) is 2.54. The van der Waals surface area contributed by atoms with Crippen molar-refractivity contribution in [1.82, 2.24) is 16.2 Å². The number of carbonyl (C=O) groups excluding carboxylic acids is 1. The first kappa shape index (κ1) is 17.8. The lowest BCUT2D eigenvalue weighted by atomic mass is 9.86. The van der Waals surface area contributed by atoms with E-state index in [0.29, 0.717) is 33.4 Å². The normalized spacial score (nSPS) is 20.5. The number of methoxy groups -OCH3 is 1. The van der Waals surface area contributed by atoms with Crippen molar-refractivity contribution in [2.45, 2.75) is 38.6 Å². The molecule has 1 aromatic rings. The van der Waals surface area contributed by atoms with Crippen LogP contribution in [-0.4, -0.2) is 24.2 Å². The van der Waals surface area contributed by atoms with Crippen LogP contribution in [0.2, 0.25) is 5.02 Å². The molecule has 23 heavy (non-hydrogen) atoms. The van der Waals surface area contributed by atoms with E-state index < -0.39 is 0 Å². The fourth-order valence-corrected chi connectivity index (χ4v) is 3.15. The van der Waals surface area contributed by atoms with Crippen LogP contribution in [0.25, 0.3) is 0 Å². The SMILES string of the molecule is COc1ccc(Cl)cc1C(=O)NNC(=S)N[C@H]1CCCC[C@H]1C. The Bertz CT molecular complexity index is 582. The van der Waals surface area contributed by atoms with Crippen molar-refractivity contribution in [3.05, 3.63) is 28.8 Å². The number of hydrazine groups is 1. The maximum Gasteiger partial charge on any atom is 0.273 e.